The minimum absolute atomic E-state index is 0.198. The lowest BCUT2D eigenvalue weighted by Gasteiger charge is -2.05. The first kappa shape index (κ1) is 10.7. The lowest BCUT2D eigenvalue weighted by atomic mass is 10.1. The Morgan fingerprint density at radius 1 is 1.36 bits per heavy atom. The standard InChI is InChI=1S/C11H14O3/c1-2-7-14-8-9-3-5-10(6-4-9)11(12)13/h3-6H,2,7-8H2,1H3,(H,12,13)/p-1. The third kappa shape index (κ3) is 3.18. The van der Waals surface area contributed by atoms with E-state index in [9.17, 15) is 9.90 Å². The summed E-state index contributed by atoms with van der Waals surface area (Å²) in [5, 5.41) is 10.4. The predicted octanol–water partition coefficient (Wildman–Crippen LogP) is 0.977. The summed E-state index contributed by atoms with van der Waals surface area (Å²) in [6.07, 6.45) is 0.983. The fourth-order valence-electron chi connectivity index (χ4n) is 1.07. The third-order valence-electron chi connectivity index (χ3n) is 1.81. The van der Waals surface area contributed by atoms with E-state index in [1.807, 2.05) is 6.92 Å². The summed E-state index contributed by atoms with van der Waals surface area (Å²) in [6.45, 7) is 3.29. The van der Waals surface area contributed by atoms with Crippen LogP contribution in [0.1, 0.15) is 29.3 Å². The molecule has 0 spiro atoms. The average Bonchev–Trinajstić information content (AvgIpc) is 2.19. The summed E-state index contributed by atoms with van der Waals surface area (Å²) in [5.41, 5.74) is 1.17. The highest BCUT2D eigenvalue weighted by molar-refractivity contribution is 5.85. The van der Waals surface area contributed by atoms with Gasteiger partial charge in [-0.2, -0.15) is 0 Å². The smallest absolute Gasteiger partial charge is 0.0716 e. The minimum Gasteiger partial charge on any atom is -0.545 e. The second-order valence-electron chi connectivity index (χ2n) is 3.04. The van der Waals surface area contributed by atoms with Gasteiger partial charge >= 0.3 is 0 Å². The van der Waals surface area contributed by atoms with E-state index in [4.69, 9.17) is 4.74 Å². The van der Waals surface area contributed by atoms with Crippen LogP contribution in [0.4, 0.5) is 0 Å². The molecule has 1 aromatic carbocycles. The molecule has 14 heavy (non-hydrogen) atoms. The van der Waals surface area contributed by atoms with Crippen molar-refractivity contribution in [3.05, 3.63) is 35.4 Å². The second-order valence-corrected chi connectivity index (χ2v) is 3.04. The fourth-order valence-corrected chi connectivity index (χ4v) is 1.07. The summed E-state index contributed by atoms with van der Waals surface area (Å²) in [7, 11) is 0. The summed E-state index contributed by atoms with van der Waals surface area (Å²) >= 11 is 0. The van der Waals surface area contributed by atoms with Gasteiger partial charge in [-0.3, -0.25) is 0 Å². The van der Waals surface area contributed by atoms with Gasteiger partial charge in [0.15, 0.2) is 0 Å². The molecule has 0 fully saturated rings. The minimum atomic E-state index is -1.15. The van der Waals surface area contributed by atoms with E-state index >= 15 is 0 Å². The van der Waals surface area contributed by atoms with Gasteiger partial charge in [0.05, 0.1) is 12.6 Å². The molecule has 1 aromatic rings. The van der Waals surface area contributed by atoms with E-state index in [1.165, 1.54) is 12.1 Å². The van der Waals surface area contributed by atoms with Crippen molar-refractivity contribution < 1.29 is 14.6 Å². The molecule has 0 amide bonds. The molecule has 0 aliphatic rings. The maximum atomic E-state index is 10.4. The molecular formula is C11H13O3-. The van der Waals surface area contributed by atoms with Crippen LogP contribution in [0.15, 0.2) is 24.3 Å². The normalized spacial score (nSPS) is 10.1. The summed E-state index contributed by atoms with van der Waals surface area (Å²) in [6, 6.07) is 6.53. The Kier molecular flexibility index (Phi) is 4.13. The van der Waals surface area contributed by atoms with Gasteiger partial charge < -0.3 is 14.6 Å². The number of carboxylic acid groups (broad SMARTS) is 1. The first-order chi connectivity index (χ1) is 6.74. The topological polar surface area (TPSA) is 49.4 Å². The highest BCUT2D eigenvalue weighted by Gasteiger charge is 1.95. The number of rotatable bonds is 5. The van der Waals surface area contributed by atoms with Crippen molar-refractivity contribution in [3.8, 4) is 0 Å². The Bertz CT molecular complexity index is 290. The number of ether oxygens (including phenoxy) is 1. The van der Waals surface area contributed by atoms with Gasteiger partial charge in [-0.1, -0.05) is 31.2 Å². The van der Waals surface area contributed by atoms with Crippen LogP contribution in [0.25, 0.3) is 0 Å². The van der Waals surface area contributed by atoms with Gasteiger partial charge in [0.1, 0.15) is 0 Å². The quantitative estimate of drug-likeness (QED) is 0.655. The molecule has 0 unspecified atom stereocenters. The number of carbonyl (C=O) groups excluding carboxylic acids is 1. The van der Waals surface area contributed by atoms with Gasteiger partial charge in [0.2, 0.25) is 0 Å². The van der Waals surface area contributed by atoms with Crippen LogP contribution in [-0.2, 0) is 11.3 Å². The largest absolute Gasteiger partial charge is 0.545 e. The zero-order chi connectivity index (χ0) is 10.4. The van der Waals surface area contributed by atoms with Crippen molar-refractivity contribution in [2.75, 3.05) is 6.61 Å². The van der Waals surface area contributed by atoms with Crippen LogP contribution in [-0.4, -0.2) is 12.6 Å². The first-order valence-electron chi connectivity index (χ1n) is 4.62. The van der Waals surface area contributed by atoms with E-state index in [0.717, 1.165) is 18.6 Å². The molecule has 0 aromatic heterocycles. The van der Waals surface area contributed by atoms with Crippen molar-refractivity contribution >= 4 is 5.97 Å². The molecule has 76 valence electrons. The lowest BCUT2D eigenvalue weighted by molar-refractivity contribution is -0.255. The molecule has 0 heterocycles. The first-order valence-corrected chi connectivity index (χ1v) is 4.62. The highest BCUT2D eigenvalue weighted by atomic mass is 16.5. The average molecular weight is 193 g/mol. The number of carboxylic acids is 1. The lowest BCUT2D eigenvalue weighted by Crippen LogP contribution is -2.22. The maximum Gasteiger partial charge on any atom is 0.0716 e. The molecular weight excluding hydrogens is 180 g/mol. The number of aromatic carboxylic acids is 1. The zero-order valence-electron chi connectivity index (χ0n) is 8.16. The van der Waals surface area contributed by atoms with E-state index in [2.05, 4.69) is 0 Å². The SMILES string of the molecule is CCCOCc1ccc(C(=O)[O-])cc1. The van der Waals surface area contributed by atoms with Crippen molar-refractivity contribution in [2.45, 2.75) is 20.0 Å². The molecule has 0 saturated heterocycles. The van der Waals surface area contributed by atoms with Crippen molar-refractivity contribution in [2.24, 2.45) is 0 Å². The molecule has 3 heteroatoms. The van der Waals surface area contributed by atoms with Crippen molar-refractivity contribution in [3.63, 3.8) is 0 Å². The molecule has 0 atom stereocenters. The Morgan fingerprint density at radius 2 is 2.00 bits per heavy atom. The molecule has 1 rings (SSSR count). The van der Waals surface area contributed by atoms with E-state index < -0.39 is 5.97 Å². The monoisotopic (exact) mass is 193 g/mol. The van der Waals surface area contributed by atoms with E-state index in [-0.39, 0.29) is 5.56 Å². The van der Waals surface area contributed by atoms with Crippen LogP contribution in [0.5, 0.6) is 0 Å². The van der Waals surface area contributed by atoms with Crippen LogP contribution in [0.2, 0.25) is 0 Å². The Morgan fingerprint density at radius 3 is 2.50 bits per heavy atom. The van der Waals surface area contributed by atoms with Gasteiger partial charge in [0.25, 0.3) is 0 Å². The van der Waals surface area contributed by atoms with E-state index in [1.54, 1.807) is 12.1 Å². The van der Waals surface area contributed by atoms with Gasteiger partial charge in [0, 0.05) is 6.61 Å². The van der Waals surface area contributed by atoms with Crippen LogP contribution >= 0.6 is 0 Å². The number of hydrogen-bond donors (Lipinski definition) is 0. The molecule has 0 saturated carbocycles. The Labute approximate surface area is 83.3 Å². The molecule has 0 radical (unpaired) electrons. The molecule has 0 N–H and O–H groups in total. The molecule has 3 nitrogen and oxygen atoms in total. The third-order valence-corrected chi connectivity index (χ3v) is 1.81. The van der Waals surface area contributed by atoms with Gasteiger partial charge in [-0.15, -0.1) is 0 Å². The molecule has 0 aliphatic carbocycles. The molecule has 0 aliphatic heterocycles. The maximum absolute atomic E-state index is 10.4. The van der Waals surface area contributed by atoms with Gasteiger partial charge in [-0.25, -0.2) is 0 Å². The fraction of sp³-hybridized carbons (Fsp3) is 0.364. The van der Waals surface area contributed by atoms with Crippen LogP contribution in [0, 0.1) is 0 Å². The van der Waals surface area contributed by atoms with E-state index in [0.29, 0.717) is 6.61 Å². The Balaban J connectivity index is 2.51. The van der Waals surface area contributed by atoms with Crippen LogP contribution in [0.3, 0.4) is 0 Å². The zero-order valence-corrected chi connectivity index (χ0v) is 8.16. The number of hydrogen-bond acceptors (Lipinski definition) is 3. The molecule has 0 bridgehead atoms. The summed E-state index contributed by atoms with van der Waals surface area (Å²) in [5.74, 6) is -1.15. The highest BCUT2D eigenvalue weighted by Crippen LogP contribution is 2.05. The Hall–Kier alpha value is -1.35. The predicted molar refractivity (Wildman–Crippen MR) is 50.7 cm³/mol. The van der Waals surface area contributed by atoms with Crippen LogP contribution < -0.4 is 5.11 Å². The summed E-state index contributed by atoms with van der Waals surface area (Å²) in [4.78, 5) is 10.4. The summed E-state index contributed by atoms with van der Waals surface area (Å²) < 4.78 is 5.31. The number of carbonyl (C=O) groups is 1. The van der Waals surface area contributed by atoms with Crippen molar-refractivity contribution in [1.29, 1.82) is 0 Å². The van der Waals surface area contributed by atoms with Crippen molar-refractivity contribution in [1.82, 2.24) is 0 Å². The van der Waals surface area contributed by atoms with Gasteiger partial charge in [-0.05, 0) is 17.5 Å². The number of benzene rings is 1. The second kappa shape index (κ2) is 5.40.